The van der Waals surface area contributed by atoms with Crippen molar-refractivity contribution in [3.63, 3.8) is 0 Å². The Balaban J connectivity index is 1.65. The average Bonchev–Trinajstić information content (AvgIpc) is 3.35. The third kappa shape index (κ3) is 6.19. The van der Waals surface area contributed by atoms with Crippen molar-refractivity contribution in [2.45, 2.75) is 23.8 Å². The summed E-state index contributed by atoms with van der Waals surface area (Å²) in [5.74, 6) is -1.82. The van der Waals surface area contributed by atoms with E-state index < -0.39 is 24.3 Å². The first-order chi connectivity index (χ1) is 11.5. The third-order valence-corrected chi connectivity index (χ3v) is 4.31. The zero-order chi connectivity index (χ0) is 17.5. The molecule has 0 radical (unpaired) electrons. The van der Waals surface area contributed by atoms with Gasteiger partial charge in [0.05, 0.1) is 12.3 Å². The number of carbonyl (C=O) groups excluding carboxylic acids is 3. The van der Waals surface area contributed by atoms with Crippen LogP contribution in [0.25, 0.3) is 0 Å². The number of nitrogens with zero attached hydrogens (tertiary/aromatic N) is 1. The van der Waals surface area contributed by atoms with Gasteiger partial charge in [0, 0.05) is 18.0 Å². The van der Waals surface area contributed by atoms with E-state index >= 15 is 0 Å². The van der Waals surface area contributed by atoms with Gasteiger partial charge in [-0.25, -0.2) is 4.39 Å². The summed E-state index contributed by atoms with van der Waals surface area (Å²) in [7, 11) is 1.47. The standard InChI is InChI=1S/C16H19FN2O4S/c1-19(8-14(20)18-11-6-7-11)15(21)9-23-16(22)10-24-13-5-3-2-4-12(13)17/h2-5,11H,6-10H2,1H3,(H,18,20). The summed E-state index contributed by atoms with van der Waals surface area (Å²) >= 11 is 1.00. The van der Waals surface area contributed by atoms with Crippen LogP contribution in [0.1, 0.15) is 12.8 Å². The van der Waals surface area contributed by atoms with Crippen LogP contribution in [-0.4, -0.2) is 54.7 Å². The van der Waals surface area contributed by atoms with E-state index in [4.69, 9.17) is 4.74 Å². The largest absolute Gasteiger partial charge is 0.455 e. The number of nitrogens with one attached hydrogen (secondary N) is 1. The Morgan fingerprint density at radius 2 is 2.04 bits per heavy atom. The van der Waals surface area contributed by atoms with Crippen LogP contribution in [0.5, 0.6) is 0 Å². The zero-order valence-electron chi connectivity index (χ0n) is 13.3. The fraction of sp³-hybridized carbons (Fsp3) is 0.438. The highest BCUT2D eigenvalue weighted by molar-refractivity contribution is 8.00. The normalized spacial score (nSPS) is 13.2. The zero-order valence-corrected chi connectivity index (χ0v) is 14.1. The topological polar surface area (TPSA) is 75.7 Å². The Labute approximate surface area is 143 Å². The minimum Gasteiger partial charge on any atom is -0.455 e. The van der Waals surface area contributed by atoms with E-state index in [0.29, 0.717) is 4.90 Å². The summed E-state index contributed by atoms with van der Waals surface area (Å²) in [6, 6.07) is 6.33. The van der Waals surface area contributed by atoms with Crippen molar-refractivity contribution in [1.82, 2.24) is 10.2 Å². The van der Waals surface area contributed by atoms with Crippen molar-refractivity contribution in [1.29, 1.82) is 0 Å². The molecule has 1 aliphatic carbocycles. The lowest BCUT2D eigenvalue weighted by molar-refractivity contribution is -0.149. The fourth-order valence-electron chi connectivity index (χ4n) is 1.80. The molecule has 1 aromatic rings. The van der Waals surface area contributed by atoms with Crippen molar-refractivity contribution in [2.75, 3.05) is 26.0 Å². The van der Waals surface area contributed by atoms with E-state index in [-0.39, 0.29) is 24.2 Å². The number of amides is 2. The van der Waals surface area contributed by atoms with Crippen LogP contribution >= 0.6 is 11.8 Å². The van der Waals surface area contributed by atoms with Gasteiger partial charge in [0.25, 0.3) is 5.91 Å². The minimum absolute atomic E-state index is 0.0726. The van der Waals surface area contributed by atoms with Crippen LogP contribution in [0.2, 0.25) is 0 Å². The number of hydrogen-bond acceptors (Lipinski definition) is 5. The summed E-state index contributed by atoms with van der Waals surface area (Å²) in [5, 5.41) is 2.77. The Morgan fingerprint density at radius 3 is 2.71 bits per heavy atom. The molecule has 8 heteroatoms. The van der Waals surface area contributed by atoms with Gasteiger partial charge in [-0.2, -0.15) is 0 Å². The van der Waals surface area contributed by atoms with Crippen LogP contribution in [-0.2, 0) is 19.1 Å². The highest BCUT2D eigenvalue weighted by Crippen LogP contribution is 2.21. The average molecular weight is 354 g/mol. The molecule has 0 aliphatic heterocycles. The molecule has 2 amide bonds. The lowest BCUT2D eigenvalue weighted by Crippen LogP contribution is -2.40. The second kappa shape index (κ2) is 8.68. The molecular formula is C16H19FN2O4S. The molecule has 0 spiro atoms. The van der Waals surface area contributed by atoms with Crippen LogP contribution in [0.4, 0.5) is 4.39 Å². The highest BCUT2D eigenvalue weighted by atomic mass is 32.2. The highest BCUT2D eigenvalue weighted by Gasteiger charge is 2.24. The van der Waals surface area contributed by atoms with Gasteiger partial charge >= 0.3 is 5.97 Å². The molecule has 1 N–H and O–H groups in total. The van der Waals surface area contributed by atoms with E-state index in [9.17, 15) is 18.8 Å². The van der Waals surface area contributed by atoms with Crippen molar-refractivity contribution < 1.29 is 23.5 Å². The van der Waals surface area contributed by atoms with Crippen LogP contribution in [0.3, 0.4) is 0 Å². The van der Waals surface area contributed by atoms with Gasteiger partial charge in [0.1, 0.15) is 5.82 Å². The van der Waals surface area contributed by atoms with Gasteiger partial charge in [-0.05, 0) is 25.0 Å². The number of rotatable bonds is 8. The van der Waals surface area contributed by atoms with E-state index in [1.54, 1.807) is 18.2 Å². The van der Waals surface area contributed by atoms with E-state index in [0.717, 1.165) is 24.6 Å². The predicted molar refractivity (Wildman–Crippen MR) is 86.9 cm³/mol. The van der Waals surface area contributed by atoms with Crippen molar-refractivity contribution in [3.05, 3.63) is 30.1 Å². The molecule has 0 unspecified atom stereocenters. The van der Waals surface area contributed by atoms with E-state index in [2.05, 4.69) is 5.32 Å². The minimum atomic E-state index is -0.618. The predicted octanol–water partition coefficient (Wildman–Crippen LogP) is 1.20. The molecule has 1 aliphatic rings. The van der Waals surface area contributed by atoms with Crippen LogP contribution in [0, 0.1) is 5.82 Å². The third-order valence-electron chi connectivity index (χ3n) is 3.29. The molecule has 1 aromatic carbocycles. The molecule has 0 atom stereocenters. The fourth-order valence-corrected chi connectivity index (χ4v) is 2.53. The molecule has 24 heavy (non-hydrogen) atoms. The van der Waals surface area contributed by atoms with Crippen molar-refractivity contribution in [3.8, 4) is 0 Å². The molecule has 130 valence electrons. The molecule has 0 bridgehead atoms. The maximum atomic E-state index is 13.4. The number of halogens is 1. The van der Waals surface area contributed by atoms with E-state index in [1.807, 2.05) is 0 Å². The molecule has 6 nitrogen and oxygen atoms in total. The van der Waals surface area contributed by atoms with Crippen molar-refractivity contribution >= 4 is 29.5 Å². The Bertz CT molecular complexity index is 622. The molecular weight excluding hydrogens is 335 g/mol. The van der Waals surface area contributed by atoms with Gasteiger partial charge in [-0.1, -0.05) is 12.1 Å². The summed E-state index contributed by atoms with van der Waals surface area (Å²) < 4.78 is 18.3. The number of benzene rings is 1. The second-order valence-electron chi connectivity index (χ2n) is 5.47. The molecule has 0 aromatic heterocycles. The maximum Gasteiger partial charge on any atom is 0.316 e. The van der Waals surface area contributed by atoms with Gasteiger partial charge in [0.15, 0.2) is 6.61 Å². The van der Waals surface area contributed by atoms with E-state index in [1.165, 1.54) is 18.0 Å². The number of ether oxygens (including phenoxy) is 1. The summed E-state index contributed by atoms with van der Waals surface area (Å²) in [5.41, 5.74) is 0. The summed E-state index contributed by atoms with van der Waals surface area (Å²) in [6.45, 7) is -0.513. The second-order valence-corrected chi connectivity index (χ2v) is 6.49. The Kier molecular flexibility index (Phi) is 6.60. The quantitative estimate of drug-likeness (QED) is 0.561. The first kappa shape index (κ1) is 18.3. The number of thioether (sulfide) groups is 1. The van der Waals surface area contributed by atoms with Crippen LogP contribution in [0.15, 0.2) is 29.2 Å². The van der Waals surface area contributed by atoms with Crippen LogP contribution < -0.4 is 5.32 Å². The molecule has 1 saturated carbocycles. The molecule has 0 saturated heterocycles. The molecule has 2 rings (SSSR count). The Morgan fingerprint density at radius 1 is 1.33 bits per heavy atom. The van der Waals surface area contributed by atoms with Crippen molar-refractivity contribution in [2.24, 2.45) is 0 Å². The first-order valence-electron chi connectivity index (χ1n) is 7.52. The Hall–Kier alpha value is -2.09. The lowest BCUT2D eigenvalue weighted by atomic mass is 10.3. The lowest BCUT2D eigenvalue weighted by Gasteiger charge is -2.16. The summed E-state index contributed by atoms with van der Waals surface area (Å²) in [4.78, 5) is 36.6. The first-order valence-corrected chi connectivity index (χ1v) is 8.50. The smallest absolute Gasteiger partial charge is 0.316 e. The molecule has 0 heterocycles. The molecule has 1 fully saturated rings. The van der Waals surface area contributed by atoms with Gasteiger partial charge in [0.2, 0.25) is 5.91 Å². The number of esters is 1. The number of carbonyl (C=O) groups is 3. The number of likely N-dealkylation sites (N-methyl/N-ethyl adjacent to an activating group) is 1. The van der Waals surface area contributed by atoms with Gasteiger partial charge < -0.3 is 15.0 Å². The SMILES string of the molecule is CN(CC(=O)NC1CC1)C(=O)COC(=O)CSc1ccccc1F. The van der Waals surface area contributed by atoms with Gasteiger partial charge in [-0.3, -0.25) is 14.4 Å². The monoisotopic (exact) mass is 354 g/mol. The maximum absolute atomic E-state index is 13.4. The summed E-state index contributed by atoms with van der Waals surface area (Å²) in [6.07, 6.45) is 1.95. The van der Waals surface area contributed by atoms with Gasteiger partial charge in [-0.15, -0.1) is 11.8 Å². The number of hydrogen-bond donors (Lipinski definition) is 1.